The smallest absolute Gasteiger partial charge is 0.248 e. The minimum Gasteiger partial charge on any atom is -0.492 e. The SMILES string of the molecule is CCOc1ccccc1NC(=O)[C@H]1CCCN(S(=O)(=O)c2c(C)noc2/C=C/N(C)C)C1. The van der Waals surface area contributed by atoms with Gasteiger partial charge in [-0.2, -0.15) is 4.31 Å². The topological polar surface area (TPSA) is 105 Å². The van der Waals surface area contributed by atoms with Gasteiger partial charge < -0.3 is 19.5 Å². The first-order valence-electron chi connectivity index (χ1n) is 10.6. The van der Waals surface area contributed by atoms with Gasteiger partial charge in [-0.15, -0.1) is 0 Å². The number of hydrogen-bond donors (Lipinski definition) is 1. The number of rotatable bonds is 8. The quantitative estimate of drug-likeness (QED) is 0.643. The Morgan fingerprint density at radius 3 is 2.84 bits per heavy atom. The molecule has 0 saturated carbocycles. The zero-order chi connectivity index (χ0) is 23.3. The van der Waals surface area contributed by atoms with Crippen molar-refractivity contribution in [2.45, 2.75) is 31.6 Å². The third-order valence-corrected chi connectivity index (χ3v) is 7.18. The van der Waals surface area contributed by atoms with Crippen molar-refractivity contribution < 1.29 is 22.5 Å². The van der Waals surface area contributed by atoms with Crippen LogP contribution in [0.4, 0.5) is 5.69 Å². The van der Waals surface area contributed by atoms with E-state index in [9.17, 15) is 13.2 Å². The number of sulfonamides is 1. The van der Waals surface area contributed by atoms with Crippen molar-refractivity contribution in [3.8, 4) is 5.75 Å². The first kappa shape index (κ1) is 23.8. The van der Waals surface area contributed by atoms with E-state index in [1.165, 1.54) is 4.31 Å². The summed E-state index contributed by atoms with van der Waals surface area (Å²) in [5, 5.41) is 6.74. The summed E-state index contributed by atoms with van der Waals surface area (Å²) in [4.78, 5) is 14.8. The maximum absolute atomic E-state index is 13.4. The number of ether oxygens (including phenoxy) is 1. The van der Waals surface area contributed by atoms with Gasteiger partial charge in [0.25, 0.3) is 0 Å². The molecule has 2 aromatic rings. The number of amides is 1. The van der Waals surface area contributed by atoms with E-state index in [0.717, 1.165) is 0 Å². The standard InChI is InChI=1S/C22H30N4O5S/c1-5-30-19-11-7-6-10-18(19)23-22(27)17-9-8-13-26(15-17)32(28,29)21-16(2)24-31-20(21)12-14-25(3)4/h6-7,10-12,14,17H,5,8-9,13,15H2,1-4H3,(H,23,27)/b14-12+/t17-/m0/s1. The lowest BCUT2D eigenvalue weighted by Gasteiger charge is -2.31. The zero-order valence-corrected chi connectivity index (χ0v) is 19.7. The highest BCUT2D eigenvalue weighted by atomic mass is 32.2. The molecule has 32 heavy (non-hydrogen) atoms. The van der Waals surface area contributed by atoms with Crippen LogP contribution in [0, 0.1) is 12.8 Å². The fourth-order valence-electron chi connectivity index (χ4n) is 3.61. The van der Waals surface area contributed by atoms with Crippen molar-refractivity contribution in [1.82, 2.24) is 14.4 Å². The predicted molar refractivity (Wildman–Crippen MR) is 122 cm³/mol. The molecule has 1 aliphatic rings. The molecule has 174 valence electrons. The molecule has 1 N–H and O–H groups in total. The molecule has 0 spiro atoms. The number of nitrogens with zero attached hydrogens (tertiary/aromatic N) is 3. The van der Waals surface area contributed by atoms with E-state index in [1.807, 2.05) is 33.2 Å². The number of carbonyl (C=O) groups excluding carboxylic acids is 1. The van der Waals surface area contributed by atoms with Gasteiger partial charge >= 0.3 is 0 Å². The highest BCUT2D eigenvalue weighted by molar-refractivity contribution is 7.89. The Kier molecular flexibility index (Phi) is 7.57. The van der Waals surface area contributed by atoms with Crippen LogP contribution in [0.2, 0.25) is 0 Å². The van der Waals surface area contributed by atoms with Crippen molar-refractivity contribution >= 4 is 27.7 Å². The van der Waals surface area contributed by atoms with Crippen LogP contribution in [-0.4, -0.2) is 62.5 Å². The Morgan fingerprint density at radius 1 is 1.38 bits per heavy atom. The summed E-state index contributed by atoms with van der Waals surface area (Å²) < 4.78 is 39.0. The third-order valence-electron chi connectivity index (χ3n) is 5.15. The normalized spacial score (nSPS) is 17.4. The van der Waals surface area contributed by atoms with E-state index in [2.05, 4.69) is 10.5 Å². The van der Waals surface area contributed by atoms with Gasteiger partial charge in [0, 0.05) is 39.5 Å². The number of hydrogen-bond acceptors (Lipinski definition) is 7. The second kappa shape index (κ2) is 10.2. The second-order valence-corrected chi connectivity index (χ2v) is 9.74. The van der Waals surface area contributed by atoms with E-state index >= 15 is 0 Å². The molecule has 9 nitrogen and oxygen atoms in total. The molecule has 1 aromatic carbocycles. The van der Waals surface area contributed by atoms with Crippen LogP contribution in [0.5, 0.6) is 5.75 Å². The highest BCUT2D eigenvalue weighted by Crippen LogP contribution is 2.30. The lowest BCUT2D eigenvalue weighted by atomic mass is 9.98. The Hall–Kier alpha value is -2.85. The fraction of sp³-hybridized carbons (Fsp3) is 0.455. The van der Waals surface area contributed by atoms with Gasteiger partial charge in [-0.25, -0.2) is 8.42 Å². The van der Waals surface area contributed by atoms with Crippen LogP contribution in [-0.2, 0) is 14.8 Å². The van der Waals surface area contributed by atoms with E-state index in [4.69, 9.17) is 9.26 Å². The van der Waals surface area contributed by atoms with E-state index in [1.54, 1.807) is 36.2 Å². The van der Waals surface area contributed by atoms with Crippen LogP contribution in [0.3, 0.4) is 0 Å². The van der Waals surface area contributed by atoms with Crippen LogP contribution < -0.4 is 10.1 Å². The molecule has 0 unspecified atom stereocenters. The largest absolute Gasteiger partial charge is 0.492 e. The number of piperidine rings is 1. The molecule has 1 fully saturated rings. The molecule has 1 aliphatic heterocycles. The Labute approximate surface area is 189 Å². The molecule has 0 aliphatic carbocycles. The number of benzene rings is 1. The van der Waals surface area contributed by atoms with Gasteiger partial charge in [-0.1, -0.05) is 17.3 Å². The lowest BCUT2D eigenvalue weighted by Crippen LogP contribution is -2.44. The number of aryl methyl sites for hydroxylation is 1. The average Bonchev–Trinajstić information content (AvgIpc) is 3.15. The Balaban J connectivity index is 1.79. The van der Waals surface area contributed by atoms with Gasteiger partial charge in [0.05, 0.1) is 18.2 Å². The molecule has 1 atom stereocenters. The Morgan fingerprint density at radius 2 is 2.12 bits per heavy atom. The summed E-state index contributed by atoms with van der Waals surface area (Å²) in [7, 11) is -0.232. The molecule has 1 aromatic heterocycles. The first-order chi connectivity index (χ1) is 15.2. The predicted octanol–water partition coefficient (Wildman–Crippen LogP) is 2.95. The van der Waals surface area contributed by atoms with Gasteiger partial charge in [-0.05, 0) is 38.8 Å². The number of aromatic nitrogens is 1. The summed E-state index contributed by atoms with van der Waals surface area (Å²) in [6.45, 7) is 4.37. The third kappa shape index (κ3) is 5.31. The zero-order valence-electron chi connectivity index (χ0n) is 18.9. The van der Waals surface area contributed by atoms with Crippen molar-refractivity contribution in [2.24, 2.45) is 5.92 Å². The molecule has 1 saturated heterocycles. The number of para-hydroxylation sites is 2. The molecule has 1 amide bonds. The van der Waals surface area contributed by atoms with Crippen molar-refractivity contribution in [2.75, 3.05) is 39.1 Å². The molecule has 2 heterocycles. The van der Waals surface area contributed by atoms with Crippen molar-refractivity contribution in [3.05, 3.63) is 41.9 Å². The van der Waals surface area contributed by atoms with Crippen molar-refractivity contribution in [3.63, 3.8) is 0 Å². The summed E-state index contributed by atoms with van der Waals surface area (Å²) in [5.74, 6) is 0.0513. The van der Waals surface area contributed by atoms with Gasteiger partial charge in [0.1, 0.15) is 11.4 Å². The van der Waals surface area contributed by atoms with Crippen LogP contribution >= 0.6 is 0 Å². The lowest BCUT2D eigenvalue weighted by molar-refractivity contribution is -0.120. The van der Waals surface area contributed by atoms with Gasteiger partial charge in [-0.3, -0.25) is 4.79 Å². The number of anilines is 1. The minimum atomic E-state index is -3.88. The van der Waals surface area contributed by atoms with E-state index in [0.29, 0.717) is 43.1 Å². The van der Waals surface area contributed by atoms with E-state index < -0.39 is 15.9 Å². The minimum absolute atomic E-state index is 0.0401. The fourth-order valence-corrected chi connectivity index (χ4v) is 5.38. The molecule has 0 bridgehead atoms. The summed E-state index contributed by atoms with van der Waals surface area (Å²) in [5.41, 5.74) is 0.867. The summed E-state index contributed by atoms with van der Waals surface area (Å²) >= 11 is 0. The monoisotopic (exact) mass is 462 g/mol. The maximum Gasteiger partial charge on any atom is 0.248 e. The summed E-state index contributed by atoms with van der Waals surface area (Å²) in [6, 6.07) is 7.20. The van der Waals surface area contributed by atoms with E-state index in [-0.39, 0.29) is 23.1 Å². The van der Waals surface area contributed by atoms with Crippen molar-refractivity contribution in [1.29, 1.82) is 0 Å². The van der Waals surface area contributed by atoms with Gasteiger partial charge in [0.15, 0.2) is 10.7 Å². The number of nitrogens with one attached hydrogen (secondary N) is 1. The summed E-state index contributed by atoms with van der Waals surface area (Å²) in [6.07, 6.45) is 4.45. The first-order valence-corrected chi connectivity index (χ1v) is 12.0. The highest BCUT2D eigenvalue weighted by Gasteiger charge is 2.37. The molecule has 0 radical (unpaired) electrons. The average molecular weight is 463 g/mol. The van der Waals surface area contributed by atoms with Crippen LogP contribution in [0.15, 0.2) is 39.9 Å². The van der Waals surface area contributed by atoms with Crippen LogP contribution in [0.1, 0.15) is 31.2 Å². The molecule has 10 heteroatoms. The molecule has 3 rings (SSSR count). The van der Waals surface area contributed by atoms with Crippen LogP contribution in [0.25, 0.3) is 6.08 Å². The Bertz CT molecular complexity index is 1080. The van der Waals surface area contributed by atoms with Gasteiger partial charge in [0.2, 0.25) is 15.9 Å². The second-order valence-electron chi connectivity index (χ2n) is 7.86. The molecular weight excluding hydrogens is 432 g/mol. The molecular formula is C22H30N4O5S. The number of carbonyl (C=O) groups is 1. The maximum atomic E-state index is 13.4.